The van der Waals surface area contributed by atoms with E-state index in [0.717, 1.165) is 18.5 Å². The summed E-state index contributed by atoms with van der Waals surface area (Å²) < 4.78 is 62.2. The fourth-order valence-electron chi connectivity index (χ4n) is 2.96. The molecule has 0 aliphatic heterocycles. The van der Waals surface area contributed by atoms with Gasteiger partial charge in [-0.3, -0.25) is 4.98 Å². The van der Waals surface area contributed by atoms with Crippen molar-refractivity contribution in [3.8, 4) is 34.3 Å². The third kappa shape index (κ3) is 5.06. The number of benzene rings is 1. The van der Waals surface area contributed by atoms with Crippen LogP contribution in [0, 0.1) is 5.82 Å². The molecule has 6 nitrogen and oxygen atoms in total. The van der Waals surface area contributed by atoms with E-state index >= 15 is 0 Å². The van der Waals surface area contributed by atoms with Gasteiger partial charge in [-0.05, 0) is 36.4 Å². The summed E-state index contributed by atoms with van der Waals surface area (Å²) in [7, 11) is 1.46. The third-order valence-corrected chi connectivity index (χ3v) is 4.87. The quantitative estimate of drug-likeness (QED) is 0.348. The first-order valence-corrected chi connectivity index (χ1v) is 9.83. The van der Waals surface area contributed by atoms with E-state index < -0.39 is 17.6 Å². The number of methoxy groups -OCH3 is 1. The van der Waals surface area contributed by atoms with Gasteiger partial charge in [0.2, 0.25) is 0 Å². The number of hydrogen-bond donors (Lipinski definition) is 1. The van der Waals surface area contributed by atoms with Gasteiger partial charge in [0.15, 0.2) is 5.82 Å². The predicted molar refractivity (Wildman–Crippen MR) is 112 cm³/mol. The highest BCUT2D eigenvalue weighted by Gasteiger charge is 2.30. The van der Waals surface area contributed by atoms with Crippen LogP contribution in [0.15, 0.2) is 54.9 Å². The van der Waals surface area contributed by atoms with Crippen LogP contribution in [0.4, 0.5) is 17.6 Å². The summed E-state index contributed by atoms with van der Waals surface area (Å²) in [5.41, 5.74) is 0.867. The Morgan fingerprint density at radius 3 is 2.48 bits per heavy atom. The maximum atomic E-state index is 13.1. The Balaban J connectivity index is 1.53. The zero-order chi connectivity index (χ0) is 23.6. The second-order valence-electron chi connectivity index (χ2n) is 6.80. The van der Waals surface area contributed by atoms with Crippen LogP contribution in [-0.4, -0.2) is 27.0 Å². The lowest BCUT2D eigenvalue weighted by Crippen LogP contribution is -2.06. The van der Waals surface area contributed by atoms with Gasteiger partial charge >= 0.3 is 6.18 Å². The first-order valence-electron chi connectivity index (χ1n) is 9.45. The number of nitrogens with one attached hydrogen (secondary N) is 1. The van der Waals surface area contributed by atoms with Crippen molar-refractivity contribution in [2.75, 3.05) is 7.11 Å². The SMILES string of the molecule is COc1cc(OCc2ccc(C(F)(F)F)cn2)ccc1-c1nc(-c2ccc(F)cn2)[nH]c1Cl. The van der Waals surface area contributed by atoms with Crippen LogP contribution in [0.25, 0.3) is 22.8 Å². The smallest absolute Gasteiger partial charge is 0.417 e. The van der Waals surface area contributed by atoms with Crippen molar-refractivity contribution in [3.05, 3.63) is 77.1 Å². The van der Waals surface area contributed by atoms with E-state index in [2.05, 4.69) is 19.9 Å². The zero-order valence-corrected chi connectivity index (χ0v) is 17.7. The van der Waals surface area contributed by atoms with E-state index in [4.69, 9.17) is 21.1 Å². The first kappa shape index (κ1) is 22.5. The highest BCUT2D eigenvalue weighted by molar-refractivity contribution is 6.32. The Kier molecular flexibility index (Phi) is 6.19. The van der Waals surface area contributed by atoms with Crippen LogP contribution in [0.1, 0.15) is 11.3 Å². The molecule has 170 valence electrons. The molecule has 0 saturated carbocycles. The molecule has 4 rings (SSSR count). The van der Waals surface area contributed by atoms with Crippen molar-refractivity contribution in [1.29, 1.82) is 0 Å². The summed E-state index contributed by atoms with van der Waals surface area (Å²) in [6.07, 6.45) is -2.62. The summed E-state index contributed by atoms with van der Waals surface area (Å²) in [6, 6.07) is 9.85. The van der Waals surface area contributed by atoms with E-state index in [1.54, 1.807) is 18.2 Å². The van der Waals surface area contributed by atoms with E-state index in [9.17, 15) is 17.6 Å². The Hall–Kier alpha value is -3.66. The standard InChI is InChI=1S/C22H15ClF4N4O2/c1-32-18-8-15(33-11-14-4-2-12(9-28-14)22(25,26)27)5-6-16(18)19-20(23)31-21(30-19)17-7-3-13(24)10-29-17/h2-10H,11H2,1H3,(H,30,31). The van der Waals surface area contributed by atoms with Crippen LogP contribution in [-0.2, 0) is 12.8 Å². The molecule has 0 spiro atoms. The second kappa shape index (κ2) is 9.07. The number of hydrogen-bond acceptors (Lipinski definition) is 5. The van der Waals surface area contributed by atoms with E-state index in [1.165, 1.54) is 25.3 Å². The van der Waals surface area contributed by atoms with Crippen LogP contribution in [0.3, 0.4) is 0 Å². The largest absolute Gasteiger partial charge is 0.496 e. The second-order valence-corrected chi connectivity index (χ2v) is 7.17. The molecule has 0 fully saturated rings. The molecule has 1 aromatic carbocycles. The molecule has 0 radical (unpaired) electrons. The number of halogens is 5. The maximum Gasteiger partial charge on any atom is 0.417 e. The molecular weight excluding hydrogens is 464 g/mol. The Bertz CT molecular complexity index is 1260. The summed E-state index contributed by atoms with van der Waals surface area (Å²) in [5, 5.41) is 0.233. The summed E-state index contributed by atoms with van der Waals surface area (Å²) in [4.78, 5) is 15.1. The molecule has 11 heteroatoms. The number of H-pyrrole nitrogens is 1. The average molecular weight is 479 g/mol. The Labute approximate surface area is 190 Å². The minimum atomic E-state index is -4.45. The van der Waals surface area contributed by atoms with Crippen molar-refractivity contribution < 1.29 is 27.0 Å². The minimum Gasteiger partial charge on any atom is -0.496 e. The summed E-state index contributed by atoms with van der Waals surface area (Å²) in [6.45, 7) is -0.0375. The van der Waals surface area contributed by atoms with E-state index in [0.29, 0.717) is 40.0 Å². The molecule has 1 N–H and O–H groups in total. The number of alkyl halides is 3. The zero-order valence-electron chi connectivity index (χ0n) is 17.0. The lowest BCUT2D eigenvalue weighted by atomic mass is 10.1. The van der Waals surface area contributed by atoms with Crippen molar-refractivity contribution in [3.63, 3.8) is 0 Å². The number of aromatic amines is 1. The Morgan fingerprint density at radius 1 is 1.03 bits per heavy atom. The van der Waals surface area contributed by atoms with Crippen molar-refractivity contribution in [2.45, 2.75) is 12.8 Å². The van der Waals surface area contributed by atoms with E-state index in [1.807, 2.05) is 0 Å². The normalized spacial score (nSPS) is 11.5. The average Bonchev–Trinajstić information content (AvgIpc) is 3.19. The molecular formula is C22H15ClF4N4O2. The van der Waals surface area contributed by atoms with Crippen molar-refractivity contribution >= 4 is 11.6 Å². The molecule has 0 aliphatic rings. The van der Waals surface area contributed by atoms with Crippen molar-refractivity contribution in [2.24, 2.45) is 0 Å². The van der Waals surface area contributed by atoms with Gasteiger partial charge in [0, 0.05) is 17.8 Å². The highest BCUT2D eigenvalue weighted by Crippen LogP contribution is 2.37. The molecule has 33 heavy (non-hydrogen) atoms. The number of rotatable bonds is 6. The third-order valence-electron chi connectivity index (χ3n) is 4.60. The maximum absolute atomic E-state index is 13.1. The van der Waals surface area contributed by atoms with Gasteiger partial charge in [0.05, 0.1) is 24.6 Å². The van der Waals surface area contributed by atoms with Gasteiger partial charge in [-0.15, -0.1) is 0 Å². The molecule has 4 aromatic rings. The molecule has 0 unspecified atom stereocenters. The fourth-order valence-corrected chi connectivity index (χ4v) is 3.19. The number of nitrogens with zero attached hydrogens (tertiary/aromatic N) is 3. The molecule has 0 atom stereocenters. The predicted octanol–water partition coefficient (Wildman–Crippen LogP) is 5.93. The van der Waals surface area contributed by atoms with Gasteiger partial charge in [-0.25, -0.2) is 14.4 Å². The Morgan fingerprint density at radius 2 is 1.85 bits per heavy atom. The van der Waals surface area contributed by atoms with Crippen molar-refractivity contribution in [1.82, 2.24) is 19.9 Å². The fraction of sp³-hybridized carbons (Fsp3) is 0.136. The van der Waals surface area contributed by atoms with Crippen LogP contribution < -0.4 is 9.47 Å². The number of ether oxygens (including phenoxy) is 2. The van der Waals surface area contributed by atoms with Gasteiger partial charge in [-0.2, -0.15) is 13.2 Å². The lowest BCUT2D eigenvalue weighted by molar-refractivity contribution is -0.137. The lowest BCUT2D eigenvalue weighted by Gasteiger charge is -2.11. The molecule has 3 aromatic heterocycles. The number of pyridine rings is 2. The number of imidazole rings is 1. The summed E-state index contributed by atoms with van der Waals surface area (Å²) >= 11 is 6.32. The first-order chi connectivity index (χ1) is 15.7. The van der Waals surface area contributed by atoms with Gasteiger partial charge in [-0.1, -0.05) is 11.6 Å². The summed E-state index contributed by atoms with van der Waals surface area (Å²) in [5.74, 6) is 0.690. The number of aromatic nitrogens is 4. The molecule has 0 aliphatic carbocycles. The van der Waals surface area contributed by atoms with Gasteiger partial charge in [0.1, 0.15) is 40.5 Å². The monoisotopic (exact) mass is 478 g/mol. The molecule has 0 saturated heterocycles. The molecule has 0 bridgehead atoms. The van der Waals surface area contributed by atoms with Gasteiger partial charge in [0.25, 0.3) is 0 Å². The highest BCUT2D eigenvalue weighted by atomic mass is 35.5. The van der Waals surface area contributed by atoms with E-state index in [-0.39, 0.29) is 11.8 Å². The van der Waals surface area contributed by atoms with Crippen LogP contribution in [0.2, 0.25) is 5.15 Å². The van der Waals surface area contributed by atoms with Crippen LogP contribution in [0.5, 0.6) is 11.5 Å². The molecule has 3 heterocycles. The van der Waals surface area contributed by atoms with Gasteiger partial charge < -0.3 is 14.5 Å². The minimum absolute atomic E-state index is 0.0375. The topological polar surface area (TPSA) is 72.9 Å². The van der Waals surface area contributed by atoms with Crippen LogP contribution >= 0.6 is 11.6 Å². The molecule has 0 amide bonds.